The van der Waals surface area contributed by atoms with Crippen molar-refractivity contribution in [2.45, 2.75) is 13.5 Å². The van der Waals surface area contributed by atoms with Crippen LogP contribution in [-0.4, -0.2) is 19.1 Å². The van der Waals surface area contributed by atoms with Crippen LogP contribution in [0.2, 0.25) is 0 Å². The first-order valence-corrected chi connectivity index (χ1v) is 6.39. The summed E-state index contributed by atoms with van der Waals surface area (Å²) in [6.07, 6.45) is 3.69. The summed E-state index contributed by atoms with van der Waals surface area (Å²) < 4.78 is 0. The number of pyridine rings is 1. The molecule has 0 aliphatic heterocycles. The molecule has 0 radical (unpaired) electrons. The SMILES string of the molecule is Cc1ccc(CNc2cnccc2N(C)C)s1. The second-order valence-electron chi connectivity index (χ2n) is 4.15. The maximum Gasteiger partial charge on any atom is 0.0767 e. The molecule has 2 aromatic rings. The third kappa shape index (κ3) is 2.97. The number of nitrogens with one attached hydrogen (secondary N) is 1. The lowest BCUT2D eigenvalue weighted by molar-refractivity contribution is 1.10. The molecule has 2 rings (SSSR count). The lowest BCUT2D eigenvalue weighted by atomic mass is 10.3. The fraction of sp³-hybridized carbons (Fsp3) is 0.308. The molecule has 2 aromatic heterocycles. The van der Waals surface area contributed by atoms with E-state index in [1.807, 2.05) is 43.9 Å². The highest BCUT2D eigenvalue weighted by atomic mass is 32.1. The Morgan fingerprint density at radius 1 is 1.29 bits per heavy atom. The van der Waals surface area contributed by atoms with Crippen molar-refractivity contribution in [3.05, 3.63) is 40.3 Å². The number of nitrogens with zero attached hydrogens (tertiary/aromatic N) is 2. The molecule has 1 N–H and O–H groups in total. The van der Waals surface area contributed by atoms with E-state index in [2.05, 4.69) is 34.3 Å². The fourth-order valence-electron chi connectivity index (χ4n) is 1.68. The van der Waals surface area contributed by atoms with Crippen LogP contribution in [0.15, 0.2) is 30.6 Å². The van der Waals surface area contributed by atoms with E-state index >= 15 is 0 Å². The second kappa shape index (κ2) is 5.19. The van der Waals surface area contributed by atoms with Crippen LogP contribution >= 0.6 is 11.3 Å². The molecule has 0 spiro atoms. The van der Waals surface area contributed by atoms with Gasteiger partial charge in [0, 0.05) is 36.6 Å². The lowest BCUT2D eigenvalue weighted by Gasteiger charge is -2.17. The van der Waals surface area contributed by atoms with Gasteiger partial charge in [-0.25, -0.2) is 0 Å². The van der Waals surface area contributed by atoms with Crippen molar-refractivity contribution in [1.82, 2.24) is 4.98 Å². The summed E-state index contributed by atoms with van der Waals surface area (Å²) >= 11 is 1.82. The van der Waals surface area contributed by atoms with Crippen molar-refractivity contribution < 1.29 is 0 Å². The van der Waals surface area contributed by atoms with Gasteiger partial charge in [-0.05, 0) is 25.1 Å². The molecule has 0 bridgehead atoms. The van der Waals surface area contributed by atoms with Crippen molar-refractivity contribution in [3.63, 3.8) is 0 Å². The van der Waals surface area contributed by atoms with E-state index in [4.69, 9.17) is 0 Å². The maximum atomic E-state index is 4.16. The average molecular weight is 247 g/mol. The Morgan fingerprint density at radius 2 is 2.12 bits per heavy atom. The highest BCUT2D eigenvalue weighted by Gasteiger charge is 2.04. The molecular formula is C13H17N3S. The van der Waals surface area contributed by atoms with Crippen LogP contribution in [0.25, 0.3) is 0 Å². The number of aryl methyl sites for hydroxylation is 1. The first-order chi connectivity index (χ1) is 8.16. The summed E-state index contributed by atoms with van der Waals surface area (Å²) in [5.74, 6) is 0. The number of rotatable bonds is 4. The molecule has 0 aliphatic rings. The van der Waals surface area contributed by atoms with Gasteiger partial charge >= 0.3 is 0 Å². The van der Waals surface area contributed by atoms with E-state index in [1.54, 1.807) is 0 Å². The lowest BCUT2D eigenvalue weighted by Crippen LogP contribution is -2.12. The maximum absolute atomic E-state index is 4.16. The molecule has 90 valence electrons. The molecule has 0 unspecified atom stereocenters. The van der Waals surface area contributed by atoms with Crippen molar-refractivity contribution in [1.29, 1.82) is 0 Å². The quantitative estimate of drug-likeness (QED) is 0.899. The molecule has 3 nitrogen and oxygen atoms in total. The Balaban J connectivity index is 2.08. The predicted octanol–water partition coefficient (Wildman–Crippen LogP) is 3.13. The standard InChI is InChI=1S/C13H17N3S/c1-10-4-5-11(17-10)8-15-12-9-14-7-6-13(12)16(2)3/h4-7,9,15H,8H2,1-3H3. The van der Waals surface area contributed by atoms with Gasteiger partial charge in [-0.2, -0.15) is 0 Å². The van der Waals surface area contributed by atoms with Gasteiger partial charge in [-0.1, -0.05) is 0 Å². The highest BCUT2D eigenvalue weighted by molar-refractivity contribution is 7.11. The Labute approximate surface area is 106 Å². The molecule has 0 atom stereocenters. The Morgan fingerprint density at radius 3 is 2.76 bits per heavy atom. The minimum Gasteiger partial charge on any atom is -0.377 e. The van der Waals surface area contributed by atoms with Gasteiger partial charge in [0.15, 0.2) is 0 Å². The van der Waals surface area contributed by atoms with Crippen LogP contribution in [0, 0.1) is 6.92 Å². The molecule has 0 fully saturated rings. The van der Waals surface area contributed by atoms with E-state index in [1.165, 1.54) is 9.75 Å². The van der Waals surface area contributed by atoms with Gasteiger partial charge in [-0.3, -0.25) is 4.98 Å². The number of hydrogen-bond acceptors (Lipinski definition) is 4. The zero-order valence-corrected chi connectivity index (χ0v) is 11.2. The zero-order chi connectivity index (χ0) is 12.3. The van der Waals surface area contributed by atoms with Crippen LogP contribution in [0.5, 0.6) is 0 Å². The van der Waals surface area contributed by atoms with Gasteiger partial charge in [0.05, 0.1) is 17.6 Å². The van der Waals surface area contributed by atoms with Crippen LogP contribution in [0.3, 0.4) is 0 Å². The Kier molecular flexibility index (Phi) is 3.64. The first kappa shape index (κ1) is 11.9. The molecule has 0 aromatic carbocycles. The number of thiophene rings is 1. The number of aromatic nitrogens is 1. The van der Waals surface area contributed by atoms with Gasteiger partial charge in [0.2, 0.25) is 0 Å². The van der Waals surface area contributed by atoms with Crippen LogP contribution in [0.4, 0.5) is 11.4 Å². The highest BCUT2D eigenvalue weighted by Crippen LogP contribution is 2.24. The first-order valence-electron chi connectivity index (χ1n) is 5.57. The molecule has 17 heavy (non-hydrogen) atoms. The summed E-state index contributed by atoms with van der Waals surface area (Å²) in [5.41, 5.74) is 2.23. The van der Waals surface area contributed by atoms with Crippen molar-refractivity contribution in [2.75, 3.05) is 24.3 Å². The largest absolute Gasteiger partial charge is 0.377 e. The van der Waals surface area contributed by atoms with E-state index in [0.717, 1.165) is 17.9 Å². The van der Waals surface area contributed by atoms with Crippen molar-refractivity contribution in [2.24, 2.45) is 0 Å². The summed E-state index contributed by atoms with van der Waals surface area (Å²) in [5, 5.41) is 3.43. The number of hydrogen-bond donors (Lipinski definition) is 1. The van der Waals surface area contributed by atoms with Crippen molar-refractivity contribution >= 4 is 22.7 Å². The van der Waals surface area contributed by atoms with Crippen LogP contribution in [0.1, 0.15) is 9.75 Å². The molecule has 0 amide bonds. The van der Waals surface area contributed by atoms with Crippen LogP contribution < -0.4 is 10.2 Å². The van der Waals surface area contributed by atoms with E-state index in [-0.39, 0.29) is 0 Å². The summed E-state index contributed by atoms with van der Waals surface area (Å²) in [7, 11) is 4.08. The molecule has 0 saturated carbocycles. The fourth-order valence-corrected chi connectivity index (χ4v) is 2.51. The second-order valence-corrected chi connectivity index (χ2v) is 5.53. The van der Waals surface area contributed by atoms with Gasteiger partial charge in [0.1, 0.15) is 0 Å². The van der Waals surface area contributed by atoms with Gasteiger partial charge in [0.25, 0.3) is 0 Å². The average Bonchev–Trinajstić information content (AvgIpc) is 2.73. The Bertz CT molecular complexity index is 491. The minimum atomic E-state index is 0.852. The molecule has 0 saturated heterocycles. The zero-order valence-electron chi connectivity index (χ0n) is 10.4. The van der Waals surface area contributed by atoms with Crippen molar-refractivity contribution in [3.8, 4) is 0 Å². The topological polar surface area (TPSA) is 28.2 Å². The van der Waals surface area contributed by atoms with Crippen LogP contribution in [-0.2, 0) is 6.54 Å². The normalized spacial score (nSPS) is 10.3. The third-order valence-corrected chi connectivity index (χ3v) is 3.53. The summed E-state index contributed by atoms with van der Waals surface area (Å²) in [6.45, 7) is 2.98. The van der Waals surface area contributed by atoms with Gasteiger partial charge < -0.3 is 10.2 Å². The van der Waals surface area contributed by atoms with E-state index in [0.29, 0.717) is 0 Å². The third-order valence-electron chi connectivity index (χ3n) is 2.53. The molecule has 0 aliphatic carbocycles. The number of anilines is 2. The minimum absolute atomic E-state index is 0.852. The Hall–Kier alpha value is -1.55. The predicted molar refractivity (Wildman–Crippen MR) is 74.9 cm³/mol. The monoisotopic (exact) mass is 247 g/mol. The van der Waals surface area contributed by atoms with Gasteiger partial charge in [-0.15, -0.1) is 11.3 Å². The summed E-state index contributed by atoms with van der Waals surface area (Å²) in [4.78, 5) is 8.94. The van der Waals surface area contributed by atoms with E-state index < -0.39 is 0 Å². The summed E-state index contributed by atoms with van der Waals surface area (Å²) in [6, 6.07) is 6.33. The molecular weight excluding hydrogens is 230 g/mol. The molecule has 4 heteroatoms. The van der Waals surface area contributed by atoms with E-state index in [9.17, 15) is 0 Å². The smallest absolute Gasteiger partial charge is 0.0767 e. The molecule has 2 heterocycles.